The Hall–Kier alpha value is -2.92. The van der Waals surface area contributed by atoms with Gasteiger partial charge in [0.15, 0.2) is 11.5 Å². The van der Waals surface area contributed by atoms with E-state index in [2.05, 4.69) is 10.5 Å². The van der Waals surface area contributed by atoms with Crippen molar-refractivity contribution in [3.05, 3.63) is 70.9 Å². The predicted octanol–water partition coefficient (Wildman–Crippen LogP) is 4.38. The van der Waals surface area contributed by atoms with Crippen LogP contribution in [0.2, 0.25) is 5.02 Å². The molecule has 1 aromatic heterocycles. The highest BCUT2D eigenvalue weighted by atomic mass is 35.5. The predicted molar refractivity (Wildman–Crippen MR) is 95.7 cm³/mol. The van der Waals surface area contributed by atoms with Gasteiger partial charge in [-0.3, -0.25) is 9.59 Å². The van der Waals surface area contributed by atoms with Gasteiger partial charge >= 0.3 is 0 Å². The number of nitrogens with zero attached hydrogens (tertiary/aromatic N) is 1. The molecular formula is C19H15ClN2O3. The Kier molecular flexibility index (Phi) is 4.95. The number of aromatic nitrogens is 1. The minimum atomic E-state index is -0.239. The van der Waals surface area contributed by atoms with Crippen molar-refractivity contribution >= 4 is 29.0 Å². The number of nitrogens with one attached hydrogen (secondary N) is 1. The second kappa shape index (κ2) is 7.32. The van der Waals surface area contributed by atoms with E-state index in [-0.39, 0.29) is 18.1 Å². The molecule has 0 saturated carbocycles. The van der Waals surface area contributed by atoms with Crippen molar-refractivity contribution in [3.63, 3.8) is 0 Å². The summed E-state index contributed by atoms with van der Waals surface area (Å²) in [5.74, 6) is 0.273. The lowest BCUT2D eigenvalue weighted by molar-refractivity contribution is -0.115. The first-order valence-corrected chi connectivity index (χ1v) is 8.01. The van der Waals surface area contributed by atoms with Gasteiger partial charge in [0.2, 0.25) is 5.91 Å². The van der Waals surface area contributed by atoms with Crippen molar-refractivity contribution in [3.8, 4) is 11.3 Å². The van der Waals surface area contributed by atoms with Gasteiger partial charge in [-0.1, -0.05) is 28.9 Å². The zero-order valence-corrected chi connectivity index (χ0v) is 14.2. The van der Waals surface area contributed by atoms with E-state index in [1.165, 1.54) is 6.92 Å². The summed E-state index contributed by atoms with van der Waals surface area (Å²) in [7, 11) is 0. The Morgan fingerprint density at radius 2 is 1.88 bits per heavy atom. The van der Waals surface area contributed by atoms with Crippen LogP contribution >= 0.6 is 11.6 Å². The molecule has 2 aromatic carbocycles. The van der Waals surface area contributed by atoms with Gasteiger partial charge in [-0.15, -0.1) is 0 Å². The lowest BCUT2D eigenvalue weighted by atomic mass is 10.1. The molecule has 0 saturated heterocycles. The van der Waals surface area contributed by atoms with E-state index in [4.69, 9.17) is 16.1 Å². The summed E-state index contributed by atoms with van der Waals surface area (Å²) in [6.07, 6.45) is 0.0708. The Labute approximate surface area is 149 Å². The number of hydrogen-bond donors (Lipinski definition) is 1. The van der Waals surface area contributed by atoms with Crippen molar-refractivity contribution < 1.29 is 14.1 Å². The molecule has 0 atom stereocenters. The van der Waals surface area contributed by atoms with Gasteiger partial charge in [-0.05, 0) is 43.3 Å². The Morgan fingerprint density at radius 3 is 2.60 bits per heavy atom. The third-order valence-corrected chi connectivity index (χ3v) is 3.83. The number of benzene rings is 2. The minimum absolute atomic E-state index is 0.0554. The highest BCUT2D eigenvalue weighted by Crippen LogP contribution is 2.22. The summed E-state index contributed by atoms with van der Waals surface area (Å²) in [5, 5.41) is 7.31. The number of carbonyl (C=O) groups is 2. The molecular weight excluding hydrogens is 340 g/mol. The molecule has 0 spiro atoms. The highest BCUT2D eigenvalue weighted by molar-refractivity contribution is 6.30. The molecule has 25 heavy (non-hydrogen) atoms. The fraction of sp³-hybridized carbons (Fsp3) is 0.105. The fourth-order valence-electron chi connectivity index (χ4n) is 2.33. The first-order chi connectivity index (χ1) is 12.0. The van der Waals surface area contributed by atoms with Gasteiger partial charge < -0.3 is 9.84 Å². The monoisotopic (exact) mass is 354 g/mol. The van der Waals surface area contributed by atoms with Crippen LogP contribution in [0.4, 0.5) is 5.69 Å². The standard InChI is InChI=1S/C19H15ClN2O3/c1-12(23)14-3-2-4-16(9-14)21-19(24)11-17-10-18(25-22-17)13-5-7-15(20)8-6-13/h2-10H,11H2,1H3,(H,21,24). The maximum atomic E-state index is 12.2. The molecule has 0 unspecified atom stereocenters. The van der Waals surface area contributed by atoms with E-state index in [1.54, 1.807) is 42.5 Å². The van der Waals surface area contributed by atoms with Crippen LogP contribution in [-0.4, -0.2) is 16.8 Å². The number of Topliss-reactive ketones (excluding diaryl/α,β-unsaturated/α-hetero) is 1. The quantitative estimate of drug-likeness (QED) is 0.690. The molecule has 1 heterocycles. The lowest BCUT2D eigenvalue weighted by Gasteiger charge is -2.05. The van der Waals surface area contributed by atoms with E-state index in [9.17, 15) is 9.59 Å². The first kappa shape index (κ1) is 16.9. The van der Waals surface area contributed by atoms with Crippen LogP contribution in [0.3, 0.4) is 0 Å². The fourth-order valence-corrected chi connectivity index (χ4v) is 2.46. The summed E-state index contributed by atoms with van der Waals surface area (Å²) >= 11 is 5.86. The van der Waals surface area contributed by atoms with Crippen LogP contribution in [0, 0.1) is 0 Å². The van der Waals surface area contributed by atoms with E-state index in [1.807, 2.05) is 12.1 Å². The number of hydrogen-bond acceptors (Lipinski definition) is 4. The second-order valence-electron chi connectivity index (χ2n) is 5.55. The molecule has 6 heteroatoms. The van der Waals surface area contributed by atoms with Crippen LogP contribution in [0.25, 0.3) is 11.3 Å². The van der Waals surface area contributed by atoms with Crippen LogP contribution < -0.4 is 5.32 Å². The zero-order chi connectivity index (χ0) is 17.8. The maximum Gasteiger partial charge on any atom is 0.230 e. The normalized spacial score (nSPS) is 10.5. The van der Waals surface area contributed by atoms with Crippen LogP contribution in [-0.2, 0) is 11.2 Å². The van der Waals surface area contributed by atoms with E-state index in [0.717, 1.165) is 5.56 Å². The van der Waals surface area contributed by atoms with Crippen molar-refractivity contribution in [1.29, 1.82) is 0 Å². The zero-order valence-electron chi connectivity index (χ0n) is 13.5. The summed E-state index contributed by atoms with van der Waals surface area (Å²) in [5.41, 5.74) is 2.46. The smallest absolute Gasteiger partial charge is 0.230 e. The number of amides is 1. The molecule has 1 N–H and O–H groups in total. The molecule has 1 amide bonds. The molecule has 0 aliphatic carbocycles. The number of anilines is 1. The number of carbonyl (C=O) groups excluding carboxylic acids is 2. The van der Waals surface area contributed by atoms with Crippen molar-refractivity contribution in [2.45, 2.75) is 13.3 Å². The summed E-state index contributed by atoms with van der Waals surface area (Å²) in [6, 6.07) is 15.7. The average Bonchev–Trinajstić information content (AvgIpc) is 3.04. The van der Waals surface area contributed by atoms with Gasteiger partial charge in [-0.25, -0.2) is 0 Å². The largest absolute Gasteiger partial charge is 0.356 e. The molecule has 0 aliphatic heterocycles. The molecule has 126 valence electrons. The molecule has 0 radical (unpaired) electrons. The number of ketones is 1. The van der Waals surface area contributed by atoms with E-state index >= 15 is 0 Å². The van der Waals surface area contributed by atoms with E-state index < -0.39 is 0 Å². The maximum absolute atomic E-state index is 12.2. The number of halogens is 1. The average molecular weight is 355 g/mol. The van der Waals surface area contributed by atoms with Gasteiger partial charge in [0.25, 0.3) is 0 Å². The highest BCUT2D eigenvalue weighted by Gasteiger charge is 2.11. The van der Waals surface area contributed by atoms with E-state index in [0.29, 0.717) is 27.7 Å². The van der Waals surface area contributed by atoms with Crippen molar-refractivity contribution in [2.24, 2.45) is 0 Å². The Morgan fingerprint density at radius 1 is 1.12 bits per heavy atom. The molecule has 3 rings (SSSR count). The van der Waals surface area contributed by atoms with Crippen molar-refractivity contribution in [2.75, 3.05) is 5.32 Å². The molecule has 0 fully saturated rings. The molecule has 0 aliphatic rings. The molecule has 3 aromatic rings. The third-order valence-electron chi connectivity index (χ3n) is 3.58. The summed E-state index contributed by atoms with van der Waals surface area (Å²) in [4.78, 5) is 23.5. The van der Waals surface area contributed by atoms with Gasteiger partial charge in [-0.2, -0.15) is 0 Å². The van der Waals surface area contributed by atoms with Crippen LogP contribution in [0.1, 0.15) is 23.0 Å². The van der Waals surface area contributed by atoms with Crippen molar-refractivity contribution in [1.82, 2.24) is 5.16 Å². The third kappa shape index (κ3) is 4.33. The topological polar surface area (TPSA) is 72.2 Å². The van der Waals surface area contributed by atoms with Gasteiger partial charge in [0, 0.05) is 27.9 Å². The van der Waals surface area contributed by atoms with Crippen LogP contribution in [0.15, 0.2) is 59.1 Å². The number of rotatable bonds is 5. The summed E-state index contributed by atoms with van der Waals surface area (Å²) in [6.45, 7) is 1.48. The van der Waals surface area contributed by atoms with Gasteiger partial charge in [0.1, 0.15) is 0 Å². The molecule has 5 nitrogen and oxygen atoms in total. The first-order valence-electron chi connectivity index (χ1n) is 7.63. The Balaban J connectivity index is 1.66. The second-order valence-corrected chi connectivity index (χ2v) is 5.99. The summed E-state index contributed by atoms with van der Waals surface area (Å²) < 4.78 is 5.27. The minimum Gasteiger partial charge on any atom is -0.356 e. The van der Waals surface area contributed by atoms with Crippen LogP contribution in [0.5, 0.6) is 0 Å². The SMILES string of the molecule is CC(=O)c1cccc(NC(=O)Cc2cc(-c3ccc(Cl)cc3)on2)c1. The lowest BCUT2D eigenvalue weighted by Crippen LogP contribution is -2.14. The molecule has 0 bridgehead atoms. The Bertz CT molecular complexity index is 916. The van der Waals surface area contributed by atoms with Gasteiger partial charge in [0.05, 0.1) is 12.1 Å².